The maximum atomic E-state index is 13.1. The van der Waals surface area contributed by atoms with Crippen molar-refractivity contribution in [2.75, 3.05) is 18.5 Å². The van der Waals surface area contributed by atoms with Crippen LogP contribution in [0.15, 0.2) is 48.5 Å². The van der Waals surface area contributed by atoms with E-state index in [9.17, 15) is 24.6 Å². The molecule has 1 aliphatic rings. The first kappa shape index (κ1) is 19.4. The smallest absolute Gasteiger partial charge is 0.335 e. The second-order valence-corrected chi connectivity index (χ2v) is 6.87. The Kier molecular flexibility index (Phi) is 5.63. The van der Waals surface area contributed by atoms with Gasteiger partial charge in [-0.3, -0.25) is 9.59 Å². The van der Waals surface area contributed by atoms with Gasteiger partial charge in [-0.25, -0.2) is 4.79 Å². The van der Waals surface area contributed by atoms with Crippen LogP contribution >= 0.6 is 0 Å². The van der Waals surface area contributed by atoms with Gasteiger partial charge in [0.15, 0.2) is 0 Å². The van der Waals surface area contributed by atoms with E-state index < -0.39 is 18.0 Å². The van der Waals surface area contributed by atoms with E-state index in [1.54, 1.807) is 22.9 Å². The van der Waals surface area contributed by atoms with E-state index in [0.717, 1.165) is 11.1 Å². The molecule has 3 rings (SSSR count). The van der Waals surface area contributed by atoms with Crippen LogP contribution in [0.1, 0.15) is 27.9 Å². The summed E-state index contributed by atoms with van der Waals surface area (Å²) in [5.41, 5.74) is 2.55. The SMILES string of the molecule is CN1c2cc(C(=O)O)ccc2CN(CCc2ccccc2)C(=O)[C@H]1CC(=O)O. The molecule has 0 aromatic heterocycles. The minimum Gasteiger partial charge on any atom is -0.481 e. The van der Waals surface area contributed by atoms with E-state index in [1.807, 2.05) is 30.3 Å². The molecule has 0 radical (unpaired) electrons. The molecule has 28 heavy (non-hydrogen) atoms. The number of carbonyl (C=O) groups excluding carboxylic acids is 1. The molecule has 1 aliphatic heterocycles. The molecule has 2 N–H and O–H groups in total. The molecule has 0 spiro atoms. The van der Waals surface area contributed by atoms with Crippen molar-refractivity contribution in [3.63, 3.8) is 0 Å². The molecule has 0 unspecified atom stereocenters. The van der Waals surface area contributed by atoms with E-state index in [0.29, 0.717) is 25.2 Å². The molecule has 2 aromatic rings. The van der Waals surface area contributed by atoms with Gasteiger partial charge in [0.2, 0.25) is 5.91 Å². The summed E-state index contributed by atoms with van der Waals surface area (Å²) < 4.78 is 0. The van der Waals surface area contributed by atoms with Crippen LogP contribution in [0, 0.1) is 0 Å². The van der Waals surface area contributed by atoms with Gasteiger partial charge in [-0.15, -0.1) is 0 Å². The number of amides is 1. The Labute approximate surface area is 162 Å². The third-order valence-corrected chi connectivity index (χ3v) is 5.02. The highest BCUT2D eigenvalue weighted by molar-refractivity contribution is 5.93. The summed E-state index contributed by atoms with van der Waals surface area (Å²) >= 11 is 0. The molecule has 1 amide bonds. The molecule has 0 saturated heterocycles. The highest BCUT2D eigenvalue weighted by Gasteiger charge is 2.34. The predicted octanol–water partition coefficient (Wildman–Crippen LogP) is 2.25. The van der Waals surface area contributed by atoms with Crippen molar-refractivity contribution >= 4 is 23.5 Å². The van der Waals surface area contributed by atoms with Crippen molar-refractivity contribution in [3.05, 3.63) is 65.2 Å². The molecule has 7 nitrogen and oxygen atoms in total. The van der Waals surface area contributed by atoms with E-state index in [-0.39, 0.29) is 17.9 Å². The van der Waals surface area contributed by atoms with Crippen LogP contribution in [0.5, 0.6) is 0 Å². The predicted molar refractivity (Wildman–Crippen MR) is 103 cm³/mol. The number of aliphatic carboxylic acids is 1. The van der Waals surface area contributed by atoms with Crippen LogP contribution < -0.4 is 4.90 Å². The van der Waals surface area contributed by atoms with Crippen LogP contribution in [0.3, 0.4) is 0 Å². The summed E-state index contributed by atoms with van der Waals surface area (Å²) in [6.07, 6.45) is 0.298. The van der Waals surface area contributed by atoms with Crippen LogP contribution in [-0.4, -0.2) is 52.6 Å². The third kappa shape index (κ3) is 4.14. The van der Waals surface area contributed by atoms with E-state index in [4.69, 9.17) is 0 Å². The van der Waals surface area contributed by atoms with Gasteiger partial charge in [0.25, 0.3) is 0 Å². The monoisotopic (exact) mass is 382 g/mol. The lowest BCUT2D eigenvalue weighted by molar-refractivity contribution is -0.142. The Bertz CT molecular complexity index is 897. The van der Waals surface area contributed by atoms with Crippen LogP contribution in [-0.2, 0) is 22.6 Å². The van der Waals surface area contributed by atoms with Gasteiger partial charge in [-0.1, -0.05) is 36.4 Å². The number of fused-ring (bicyclic) bond motifs is 1. The Morgan fingerprint density at radius 3 is 2.46 bits per heavy atom. The number of hydrogen-bond acceptors (Lipinski definition) is 4. The van der Waals surface area contributed by atoms with Crippen LogP contribution in [0.2, 0.25) is 0 Å². The number of nitrogens with zero attached hydrogens (tertiary/aromatic N) is 2. The molecule has 1 atom stereocenters. The van der Waals surface area contributed by atoms with Gasteiger partial charge < -0.3 is 20.0 Å². The summed E-state index contributed by atoms with van der Waals surface area (Å²) in [7, 11) is 1.64. The largest absolute Gasteiger partial charge is 0.481 e. The Morgan fingerprint density at radius 2 is 1.82 bits per heavy atom. The maximum absolute atomic E-state index is 13.1. The topological polar surface area (TPSA) is 98.2 Å². The summed E-state index contributed by atoms with van der Waals surface area (Å²) in [6.45, 7) is 0.758. The molecule has 0 fully saturated rings. The average Bonchev–Trinajstić information content (AvgIpc) is 2.77. The summed E-state index contributed by atoms with van der Waals surface area (Å²) in [5, 5.41) is 18.6. The van der Waals surface area contributed by atoms with Crippen molar-refractivity contribution in [2.45, 2.75) is 25.4 Å². The number of carboxylic acid groups (broad SMARTS) is 2. The molecule has 1 heterocycles. The van der Waals surface area contributed by atoms with Crippen molar-refractivity contribution in [2.24, 2.45) is 0 Å². The van der Waals surface area contributed by atoms with Crippen molar-refractivity contribution in [3.8, 4) is 0 Å². The van der Waals surface area contributed by atoms with Gasteiger partial charge >= 0.3 is 11.9 Å². The summed E-state index contributed by atoms with van der Waals surface area (Å²) in [4.78, 5) is 39.0. The summed E-state index contributed by atoms with van der Waals surface area (Å²) in [5.74, 6) is -2.41. The number of hydrogen-bond donors (Lipinski definition) is 2. The molecular formula is C21H22N2O5. The minimum absolute atomic E-state index is 0.102. The lowest BCUT2D eigenvalue weighted by Crippen LogP contribution is -2.46. The fraction of sp³-hybridized carbons (Fsp3) is 0.286. The fourth-order valence-corrected chi connectivity index (χ4v) is 3.47. The molecule has 0 bridgehead atoms. The fourth-order valence-electron chi connectivity index (χ4n) is 3.47. The molecular weight excluding hydrogens is 360 g/mol. The molecule has 0 aliphatic carbocycles. The number of benzene rings is 2. The van der Waals surface area contributed by atoms with Gasteiger partial charge in [-0.05, 0) is 29.7 Å². The molecule has 0 saturated carbocycles. The second-order valence-electron chi connectivity index (χ2n) is 6.87. The van der Waals surface area contributed by atoms with E-state index in [1.165, 1.54) is 12.1 Å². The van der Waals surface area contributed by atoms with Gasteiger partial charge in [0.05, 0.1) is 12.0 Å². The highest BCUT2D eigenvalue weighted by Crippen LogP contribution is 2.30. The number of carbonyl (C=O) groups is 3. The number of rotatable bonds is 6. The first-order valence-corrected chi connectivity index (χ1v) is 9.00. The first-order valence-electron chi connectivity index (χ1n) is 9.00. The van der Waals surface area contributed by atoms with Gasteiger partial charge in [-0.2, -0.15) is 0 Å². The molecule has 2 aromatic carbocycles. The van der Waals surface area contributed by atoms with Crippen molar-refractivity contribution in [1.29, 1.82) is 0 Å². The number of anilines is 1. The second kappa shape index (κ2) is 8.12. The normalized spacial score (nSPS) is 16.5. The number of carboxylic acids is 2. The van der Waals surface area contributed by atoms with Crippen LogP contribution in [0.25, 0.3) is 0 Å². The highest BCUT2D eigenvalue weighted by atomic mass is 16.4. The molecule has 7 heteroatoms. The van der Waals surface area contributed by atoms with Crippen molar-refractivity contribution < 1.29 is 24.6 Å². The lowest BCUT2D eigenvalue weighted by Gasteiger charge is -2.29. The zero-order valence-corrected chi connectivity index (χ0v) is 15.5. The summed E-state index contributed by atoms with van der Waals surface area (Å²) in [6, 6.07) is 13.6. The zero-order valence-electron chi connectivity index (χ0n) is 15.5. The van der Waals surface area contributed by atoms with Gasteiger partial charge in [0.1, 0.15) is 6.04 Å². The van der Waals surface area contributed by atoms with E-state index >= 15 is 0 Å². The minimum atomic E-state index is -1.08. The Morgan fingerprint density at radius 1 is 1.11 bits per heavy atom. The number of likely N-dealkylation sites (N-methyl/N-ethyl adjacent to an activating group) is 1. The average molecular weight is 382 g/mol. The van der Waals surface area contributed by atoms with Crippen LogP contribution in [0.4, 0.5) is 5.69 Å². The standard InChI is InChI=1S/C21H22N2O5/c1-22-17-11-15(21(27)28)7-8-16(17)13-23(20(26)18(22)12-19(24)25)10-9-14-5-3-2-4-6-14/h2-8,11,18H,9-10,12-13H2,1H3,(H,24,25)(H,27,28)/t18-/m1/s1. The van der Waals surface area contributed by atoms with Gasteiger partial charge in [0, 0.05) is 25.8 Å². The third-order valence-electron chi connectivity index (χ3n) is 5.02. The molecule has 146 valence electrons. The number of aromatic carboxylic acids is 1. The lowest BCUT2D eigenvalue weighted by atomic mass is 10.1. The maximum Gasteiger partial charge on any atom is 0.335 e. The quantitative estimate of drug-likeness (QED) is 0.795. The van der Waals surface area contributed by atoms with E-state index in [2.05, 4.69) is 0 Å². The first-order chi connectivity index (χ1) is 13.4. The van der Waals surface area contributed by atoms with Crippen molar-refractivity contribution in [1.82, 2.24) is 4.90 Å². The zero-order chi connectivity index (χ0) is 20.3. The Balaban J connectivity index is 1.94. The Hall–Kier alpha value is -3.35.